The van der Waals surface area contributed by atoms with Gasteiger partial charge < -0.3 is 10.5 Å². The second-order valence-corrected chi connectivity index (χ2v) is 6.43. The quantitative estimate of drug-likeness (QED) is 0.787. The van der Waals surface area contributed by atoms with Crippen molar-refractivity contribution >= 4 is 11.8 Å². The average Bonchev–Trinajstić information content (AvgIpc) is 2.89. The summed E-state index contributed by atoms with van der Waals surface area (Å²) in [6.45, 7) is 1.85. The van der Waals surface area contributed by atoms with Crippen LogP contribution in [-0.4, -0.2) is 29.8 Å². The first kappa shape index (κ1) is 11.7. The summed E-state index contributed by atoms with van der Waals surface area (Å²) >= 11 is 2.11. The molecule has 0 aliphatic carbocycles. The Morgan fingerprint density at radius 3 is 2.93 bits per heavy atom. The highest BCUT2D eigenvalue weighted by molar-refractivity contribution is 8.00. The van der Waals surface area contributed by atoms with Gasteiger partial charge in [0.2, 0.25) is 0 Å². The maximum atomic E-state index is 5.91. The van der Waals surface area contributed by atoms with Crippen LogP contribution in [0.4, 0.5) is 0 Å². The van der Waals surface area contributed by atoms with Gasteiger partial charge in [0, 0.05) is 17.9 Å². The lowest BCUT2D eigenvalue weighted by Crippen LogP contribution is -2.31. The first-order chi connectivity index (χ1) is 7.35. The summed E-state index contributed by atoms with van der Waals surface area (Å²) in [4.78, 5) is 0. The summed E-state index contributed by atoms with van der Waals surface area (Å²) in [6.07, 6.45) is 9.66. The van der Waals surface area contributed by atoms with Gasteiger partial charge in [0.15, 0.2) is 0 Å². The van der Waals surface area contributed by atoms with E-state index >= 15 is 0 Å². The van der Waals surface area contributed by atoms with Crippen molar-refractivity contribution in [3.8, 4) is 0 Å². The van der Waals surface area contributed by atoms with Gasteiger partial charge in [-0.2, -0.15) is 11.8 Å². The SMILES string of the molecule is NCC1(CCCC2CCCO2)CCCS1. The maximum absolute atomic E-state index is 5.91. The zero-order valence-corrected chi connectivity index (χ0v) is 10.4. The van der Waals surface area contributed by atoms with Crippen LogP contribution in [-0.2, 0) is 4.74 Å². The van der Waals surface area contributed by atoms with Crippen molar-refractivity contribution in [2.45, 2.75) is 55.8 Å². The highest BCUT2D eigenvalue weighted by Gasteiger charge is 2.32. The minimum Gasteiger partial charge on any atom is -0.378 e. The Bertz CT molecular complexity index is 186. The molecule has 2 aliphatic rings. The molecule has 15 heavy (non-hydrogen) atoms. The van der Waals surface area contributed by atoms with E-state index in [9.17, 15) is 0 Å². The Balaban J connectivity index is 1.67. The van der Waals surface area contributed by atoms with E-state index in [-0.39, 0.29) is 0 Å². The molecule has 2 aliphatic heterocycles. The molecule has 2 N–H and O–H groups in total. The lowest BCUT2D eigenvalue weighted by molar-refractivity contribution is 0.101. The molecule has 3 heteroatoms. The Hall–Kier alpha value is 0.270. The van der Waals surface area contributed by atoms with Crippen LogP contribution in [0.25, 0.3) is 0 Å². The van der Waals surface area contributed by atoms with E-state index in [4.69, 9.17) is 10.5 Å². The molecule has 2 saturated heterocycles. The van der Waals surface area contributed by atoms with Crippen LogP contribution in [0.2, 0.25) is 0 Å². The molecule has 2 fully saturated rings. The van der Waals surface area contributed by atoms with Crippen LogP contribution in [0.15, 0.2) is 0 Å². The fourth-order valence-electron chi connectivity index (χ4n) is 2.74. The first-order valence-electron chi connectivity index (χ1n) is 6.30. The molecule has 2 unspecified atom stereocenters. The van der Waals surface area contributed by atoms with Gasteiger partial charge in [0.1, 0.15) is 0 Å². The Kier molecular flexibility index (Phi) is 4.35. The summed E-state index contributed by atoms with van der Waals surface area (Å²) in [7, 11) is 0. The minimum absolute atomic E-state index is 0.429. The molecule has 0 aromatic heterocycles. The first-order valence-corrected chi connectivity index (χ1v) is 7.29. The second kappa shape index (κ2) is 5.55. The Labute approximate surface area is 97.3 Å². The fraction of sp³-hybridized carbons (Fsp3) is 1.00. The molecule has 0 saturated carbocycles. The van der Waals surface area contributed by atoms with Gasteiger partial charge in [0.05, 0.1) is 6.10 Å². The van der Waals surface area contributed by atoms with Gasteiger partial charge in [-0.05, 0) is 50.7 Å². The van der Waals surface area contributed by atoms with Crippen LogP contribution in [0.3, 0.4) is 0 Å². The van der Waals surface area contributed by atoms with Crippen LogP contribution < -0.4 is 5.73 Å². The number of thioether (sulfide) groups is 1. The second-order valence-electron chi connectivity index (χ2n) is 4.87. The number of hydrogen-bond acceptors (Lipinski definition) is 3. The van der Waals surface area contributed by atoms with E-state index in [1.165, 1.54) is 50.7 Å². The molecule has 88 valence electrons. The van der Waals surface area contributed by atoms with Gasteiger partial charge in [-0.25, -0.2) is 0 Å². The lowest BCUT2D eigenvalue weighted by atomic mass is 9.95. The minimum atomic E-state index is 0.429. The standard InChI is InChI=1S/C12H23NOS/c13-10-12(7-3-9-15-12)6-1-4-11-5-2-8-14-11/h11H,1-10,13H2. The van der Waals surface area contributed by atoms with Crippen molar-refractivity contribution in [3.05, 3.63) is 0 Å². The third-order valence-electron chi connectivity index (χ3n) is 3.74. The van der Waals surface area contributed by atoms with Gasteiger partial charge in [-0.1, -0.05) is 0 Å². The van der Waals surface area contributed by atoms with Crippen LogP contribution in [0.5, 0.6) is 0 Å². The van der Waals surface area contributed by atoms with E-state index in [0.29, 0.717) is 10.9 Å². The van der Waals surface area contributed by atoms with Crippen molar-refractivity contribution < 1.29 is 4.74 Å². The van der Waals surface area contributed by atoms with Crippen LogP contribution in [0.1, 0.15) is 44.9 Å². The molecular weight excluding hydrogens is 206 g/mol. The third-order valence-corrected chi connectivity index (χ3v) is 5.42. The molecule has 0 bridgehead atoms. The Morgan fingerprint density at radius 1 is 1.40 bits per heavy atom. The molecule has 2 atom stereocenters. The predicted octanol–water partition coefficient (Wildman–Crippen LogP) is 2.56. The largest absolute Gasteiger partial charge is 0.378 e. The summed E-state index contributed by atoms with van der Waals surface area (Å²) in [5, 5.41) is 0. The third kappa shape index (κ3) is 3.11. The smallest absolute Gasteiger partial charge is 0.0576 e. The number of nitrogens with two attached hydrogens (primary N) is 1. The number of ether oxygens (including phenoxy) is 1. The molecule has 0 radical (unpaired) electrons. The molecule has 2 nitrogen and oxygen atoms in total. The summed E-state index contributed by atoms with van der Waals surface area (Å²) in [6, 6.07) is 0. The van der Waals surface area contributed by atoms with Gasteiger partial charge in [0.25, 0.3) is 0 Å². The molecule has 0 spiro atoms. The number of hydrogen-bond donors (Lipinski definition) is 1. The topological polar surface area (TPSA) is 35.2 Å². The van der Waals surface area contributed by atoms with Crippen LogP contribution in [0, 0.1) is 0 Å². The van der Waals surface area contributed by atoms with Gasteiger partial charge in [-0.15, -0.1) is 0 Å². The summed E-state index contributed by atoms with van der Waals surface area (Å²) in [5.41, 5.74) is 5.91. The highest BCUT2D eigenvalue weighted by Crippen LogP contribution is 2.41. The maximum Gasteiger partial charge on any atom is 0.0576 e. The van der Waals surface area contributed by atoms with Gasteiger partial charge in [-0.3, -0.25) is 0 Å². The zero-order valence-electron chi connectivity index (χ0n) is 9.54. The summed E-state index contributed by atoms with van der Waals surface area (Å²) < 4.78 is 6.08. The van der Waals surface area contributed by atoms with E-state index in [0.717, 1.165) is 13.2 Å². The highest BCUT2D eigenvalue weighted by atomic mass is 32.2. The molecular formula is C12H23NOS. The monoisotopic (exact) mass is 229 g/mol. The zero-order chi connectivity index (χ0) is 10.6. The van der Waals surface area contributed by atoms with Crippen molar-refractivity contribution in [1.29, 1.82) is 0 Å². The molecule has 2 rings (SSSR count). The van der Waals surface area contributed by atoms with E-state index < -0.39 is 0 Å². The predicted molar refractivity (Wildman–Crippen MR) is 66.3 cm³/mol. The molecule has 0 aromatic carbocycles. The summed E-state index contributed by atoms with van der Waals surface area (Å²) in [5.74, 6) is 1.32. The van der Waals surface area contributed by atoms with E-state index in [1.807, 2.05) is 0 Å². The van der Waals surface area contributed by atoms with Crippen molar-refractivity contribution in [2.24, 2.45) is 5.73 Å². The van der Waals surface area contributed by atoms with Crippen molar-refractivity contribution in [3.63, 3.8) is 0 Å². The molecule has 2 heterocycles. The average molecular weight is 229 g/mol. The van der Waals surface area contributed by atoms with E-state index in [2.05, 4.69) is 11.8 Å². The van der Waals surface area contributed by atoms with Gasteiger partial charge >= 0.3 is 0 Å². The fourth-order valence-corrected chi connectivity index (χ4v) is 4.16. The molecule has 0 aromatic rings. The van der Waals surface area contributed by atoms with Crippen molar-refractivity contribution in [2.75, 3.05) is 18.9 Å². The Morgan fingerprint density at radius 2 is 2.33 bits per heavy atom. The van der Waals surface area contributed by atoms with E-state index in [1.54, 1.807) is 0 Å². The van der Waals surface area contributed by atoms with Crippen molar-refractivity contribution in [1.82, 2.24) is 0 Å². The molecule has 0 amide bonds. The lowest BCUT2D eigenvalue weighted by Gasteiger charge is -2.26. The van der Waals surface area contributed by atoms with Crippen LogP contribution >= 0.6 is 11.8 Å². The normalized spacial score (nSPS) is 36.2. The number of rotatable bonds is 5.